The molecule has 1 fully saturated rings. The normalized spacial score (nSPS) is 13.3. The molecule has 0 aliphatic carbocycles. The van der Waals surface area contributed by atoms with Crippen molar-refractivity contribution in [1.29, 1.82) is 0 Å². The lowest BCUT2D eigenvalue weighted by molar-refractivity contribution is 0.0793. The number of rotatable bonds is 3. The Morgan fingerprint density at radius 1 is 1.00 bits per heavy atom. The highest BCUT2D eigenvalue weighted by molar-refractivity contribution is 7.80. The van der Waals surface area contributed by atoms with Crippen LogP contribution in [0.3, 0.4) is 0 Å². The van der Waals surface area contributed by atoms with Gasteiger partial charge in [-0.2, -0.15) is 0 Å². The number of nitrogens with one attached hydrogen (secondary N) is 2. The molecule has 1 aliphatic heterocycles. The van der Waals surface area contributed by atoms with E-state index in [4.69, 9.17) is 12.2 Å². The number of anilines is 1. The summed E-state index contributed by atoms with van der Waals surface area (Å²) in [5, 5.41) is 5.51. The molecule has 1 aliphatic rings. The Bertz CT molecular complexity index is 833. The molecule has 0 aromatic heterocycles. The molecule has 0 unspecified atom stereocenters. The van der Waals surface area contributed by atoms with E-state index in [1.807, 2.05) is 0 Å². The van der Waals surface area contributed by atoms with Gasteiger partial charge in [0.05, 0.1) is 11.3 Å². The van der Waals surface area contributed by atoms with E-state index in [9.17, 15) is 14.0 Å². The summed E-state index contributed by atoms with van der Waals surface area (Å²) in [6.45, 7) is 1.50. The molecule has 0 saturated carbocycles. The summed E-state index contributed by atoms with van der Waals surface area (Å²) in [5.41, 5.74) is 1.33. The van der Waals surface area contributed by atoms with Crippen molar-refractivity contribution in [3.63, 3.8) is 0 Å². The zero-order valence-electron chi connectivity index (χ0n) is 14.0. The minimum atomic E-state index is -0.453. The first-order chi connectivity index (χ1) is 12.5. The molecule has 0 radical (unpaired) electrons. The van der Waals surface area contributed by atoms with Gasteiger partial charge >= 0.3 is 0 Å². The lowest BCUT2D eigenvalue weighted by Crippen LogP contribution is -2.35. The molecule has 0 bridgehead atoms. The second-order valence-electron chi connectivity index (χ2n) is 5.96. The van der Waals surface area contributed by atoms with Crippen molar-refractivity contribution in [1.82, 2.24) is 10.2 Å². The maximum absolute atomic E-state index is 12.9. The Labute approximate surface area is 156 Å². The van der Waals surface area contributed by atoms with Crippen LogP contribution in [0.2, 0.25) is 0 Å². The summed E-state index contributed by atoms with van der Waals surface area (Å²) in [6.07, 6.45) is 2.01. The minimum absolute atomic E-state index is 0.0572. The Hall–Kier alpha value is -2.80. The summed E-state index contributed by atoms with van der Waals surface area (Å²) < 4.78 is 12.9. The first-order valence-corrected chi connectivity index (χ1v) is 8.71. The van der Waals surface area contributed by atoms with Gasteiger partial charge in [-0.25, -0.2) is 4.39 Å². The van der Waals surface area contributed by atoms with Crippen LogP contribution in [0.4, 0.5) is 10.1 Å². The molecule has 2 amide bonds. The highest BCUT2D eigenvalue weighted by Gasteiger charge is 2.22. The highest BCUT2D eigenvalue weighted by atomic mass is 32.1. The van der Waals surface area contributed by atoms with E-state index < -0.39 is 11.7 Å². The molecule has 134 valence electrons. The first kappa shape index (κ1) is 18.0. The Kier molecular flexibility index (Phi) is 5.58. The van der Waals surface area contributed by atoms with E-state index in [0.717, 1.165) is 25.9 Å². The van der Waals surface area contributed by atoms with Crippen molar-refractivity contribution in [2.45, 2.75) is 12.8 Å². The highest BCUT2D eigenvalue weighted by Crippen LogP contribution is 2.20. The molecule has 1 saturated heterocycles. The predicted octanol–water partition coefficient (Wildman–Crippen LogP) is 3.19. The van der Waals surface area contributed by atoms with Gasteiger partial charge in [0.25, 0.3) is 11.8 Å². The zero-order valence-corrected chi connectivity index (χ0v) is 14.8. The molecule has 5 nitrogen and oxygen atoms in total. The van der Waals surface area contributed by atoms with E-state index in [-0.39, 0.29) is 16.6 Å². The molecule has 2 N–H and O–H groups in total. The van der Waals surface area contributed by atoms with Crippen molar-refractivity contribution in [2.75, 3.05) is 18.4 Å². The van der Waals surface area contributed by atoms with Gasteiger partial charge in [-0.15, -0.1) is 0 Å². The number of hydrogen-bond acceptors (Lipinski definition) is 3. The van der Waals surface area contributed by atoms with Crippen LogP contribution in [0.1, 0.15) is 33.6 Å². The second-order valence-corrected chi connectivity index (χ2v) is 6.37. The van der Waals surface area contributed by atoms with Crippen molar-refractivity contribution in [3.05, 3.63) is 65.5 Å². The van der Waals surface area contributed by atoms with E-state index in [1.54, 1.807) is 29.2 Å². The van der Waals surface area contributed by atoms with Crippen LogP contribution in [-0.4, -0.2) is 34.9 Å². The Morgan fingerprint density at radius 2 is 1.65 bits per heavy atom. The average Bonchev–Trinajstić information content (AvgIpc) is 3.16. The number of benzene rings is 2. The molecule has 2 aromatic rings. The quantitative estimate of drug-likeness (QED) is 0.814. The van der Waals surface area contributed by atoms with E-state index in [1.165, 1.54) is 24.3 Å². The van der Waals surface area contributed by atoms with Gasteiger partial charge in [0.1, 0.15) is 5.82 Å². The first-order valence-electron chi connectivity index (χ1n) is 8.31. The van der Waals surface area contributed by atoms with Gasteiger partial charge < -0.3 is 10.2 Å². The number of thiocarbonyl (C=S) groups is 1. The van der Waals surface area contributed by atoms with Crippen molar-refractivity contribution >= 4 is 34.8 Å². The number of halogens is 1. The molecular weight excluding hydrogens is 353 g/mol. The fourth-order valence-electron chi connectivity index (χ4n) is 2.80. The molecular formula is C19H18FN3O2S. The van der Waals surface area contributed by atoms with Crippen LogP contribution >= 0.6 is 12.2 Å². The third-order valence-electron chi connectivity index (χ3n) is 4.13. The zero-order chi connectivity index (χ0) is 18.5. The third-order valence-corrected chi connectivity index (χ3v) is 4.34. The van der Waals surface area contributed by atoms with Crippen molar-refractivity contribution in [2.24, 2.45) is 0 Å². The number of hydrogen-bond donors (Lipinski definition) is 2. The third kappa shape index (κ3) is 4.23. The fourth-order valence-corrected chi connectivity index (χ4v) is 3.00. The topological polar surface area (TPSA) is 61.4 Å². The molecule has 26 heavy (non-hydrogen) atoms. The minimum Gasteiger partial charge on any atom is -0.339 e. The number of carbonyl (C=O) groups is 2. The summed E-state index contributed by atoms with van der Waals surface area (Å²) in [4.78, 5) is 26.6. The molecule has 0 spiro atoms. The van der Waals surface area contributed by atoms with E-state index >= 15 is 0 Å². The number of para-hydroxylation sites is 1. The monoisotopic (exact) mass is 371 g/mol. The summed E-state index contributed by atoms with van der Waals surface area (Å²) >= 11 is 5.18. The van der Waals surface area contributed by atoms with E-state index in [0.29, 0.717) is 11.3 Å². The maximum atomic E-state index is 12.9. The van der Waals surface area contributed by atoms with Crippen LogP contribution < -0.4 is 10.6 Å². The number of carbonyl (C=O) groups excluding carboxylic acids is 2. The van der Waals surface area contributed by atoms with Gasteiger partial charge in [0.15, 0.2) is 5.11 Å². The molecule has 7 heteroatoms. The SMILES string of the molecule is O=C(NC(=S)Nc1ccccc1C(=O)N1CCCC1)c1ccc(F)cc1. The summed E-state index contributed by atoms with van der Waals surface area (Å²) in [7, 11) is 0. The van der Waals surface area contributed by atoms with Gasteiger partial charge in [-0.05, 0) is 61.5 Å². The molecule has 2 aromatic carbocycles. The maximum Gasteiger partial charge on any atom is 0.257 e. The van der Waals surface area contributed by atoms with Crippen molar-refractivity contribution in [3.8, 4) is 0 Å². The van der Waals surface area contributed by atoms with E-state index in [2.05, 4.69) is 10.6 Å². The Balaban J connectivity index is 1.68. The second kappa shape index (κ2) is 8.05. The van der Waals surface area contributed by atoms with Gasteiger partial charge in [0.2, 0.25) is 0 Å². The van der Waals surface area contributed by atoms with Crippen LogP contribution in [0.25, 0.3) is 0 Å². The lowest BCUT2D eigenvalue weighted by Gasteiger charge is -2.18. The lowest BCUT2D eigenvalue weighted by atomic mass is 10.1. The number of nitrogens with zero attached hydrogens (tertiary/aromatic N) is 1. The largest absolute Gasteiger partial charge is 0.339 e. The molecule has 1 heterocycles. The fraction of sp³-hybridized carbons (Fsp3) is 0.211. The smallest absolute Gasteiger partial charge is 0.257 e. The number of amides is 2. The predicted molar refractivity (Wildman–Crippen MR) is 102 cm³/mol. The Morgan fingerprint density at radius 3 is 2.35 bits per heavy atom. The van der Waals surface area contributed by atoms with Crippen molar-refractivity contribution < 1.29 is 14.0 Å². The average molecular weight is 371 g/mol. The van der Waals surface area contributed by atoms with Crippen LogP contribution in [-0.2, 0) is 0 Å². The van der Waals surface area contributed by atoms with Crippen LogP contribution in [0.5, 0.6) is 0 Å². The summed E-state index contributed by atoms with van der Waals surface area (Å²) in [5.74, 6) is -0.930. The summed E-state index contributed by atoms with van der Waals surface area (Å²) in [6, 6.07) is 12.2. The molecule has 3 rings (SSSR count). The standard InChI is InChI=1S/C19H18FN3O2S/c20-14-9-7-13(8-10-14)17(24)22-19(26)21-16-6-2-1-5-15(16)18(25)23-11-3-4-12-23/h1-2,5-10H,3-4,11-12H2,(H2,21,22,24,26). The number of likely N-dealkylation sites (tertiary alicyclic amines) is 1. The van der Waals surface area contributed by atoms with Gasteiger partial charge in [-0.3, -0.25) is 14.9 Å². The van der Waals surface area contributed by atoms with Crippen LogP contribution in [0, 0.1) is 5.82 Å². The van der Waals surface area contributed by atoms with Gasteiger partial charge in [0, 0.05) is 18.7 Å². The molecule has 0 atom stereocenters. The van der Waals surface area contributed by atoms with Crippen LogP contribution in [0.15, 0.2) is 48.5 Å². The van der Waals surface area contributed by atoms with Gasteiger partial charge in [-0.1, -0.05) is 12.1 Å².